The first-order chi connectivity index (χ1) is 7.88. The Kier molecular flexibility index (Phi) is 3.66. The summed E-state index contributed by atoms with van der Waals surface area (Å²) in [6.45, 7) is 1.87. The maximum absolute atomic E-state index is 8.74. The molecule has 0 aromatic carbocycles. The molecule has 0 aliphatic rings. The molecular formula is C10H15N5O. The number of aliphatic hydroxyl groups is 1. The van der Waals surface area contributed by atoms with Crippen LogP contribution in [0.3, 0.4) is 0 Å². The Hall–Kier alpha value is -1.69. The summed E-state index contributed by atoms with van der Waals surface area (Å²) in [5, 5.41) is 16.7. The zero-order chi connectivity index (χ0) is 11.2. The second kappa shape index (κ2) is 5.41. The highest BCUT2D eigenvalue weighted by atomic mass is 16.3. The lowest BCUT2D eigenvalue weighted by atomic mass is 10.3. The Morgan fingerprint density at radius 3 is 3.00 bits per heavy atom. The van der Waals surface area contributed by atoms with E-state index in [0.717, 1.165) is 25.2 Å². The molecule has 0 aliphatic heterocycles. The first-order valence-electron chi connectivity index (χ1n) is 5.34. The van der Waals surface area contributed by atoms with Gasteiger partial charge in [0.1, 0.15) is 0 Å². The Morgan fingerprint density at radius 1 is 1.31 bits per heavy atom. The Labute approximate surface area is 93.5 Å². The molecule has 0 atom stereocenters. The fraction of sp³-hybridized carbons (Fsp3) is 0.500. The monoisotopic (exact) mass is 221 g/mol. The Balaban J connectivity index is 1.76. The number of aryl methyl sites for hydroxylation is 2. The van der Waals surface area contributed by atoms with E-state index in [1.54, 1.807) is 12.5 Å². The van der Waals surface area contributed by atoms with Crippen molar-refractivity contribution in [3.8, 4) is 0 Å². The molecule has 0 radical (unpaired) electrons. The third-order valence-corrected chi connectivity index (χ3v) is 2.32. The molecule has 6 heteroatoms. The van der Waals surface area contributed by atoms with Gasteiger partial charge >= 0.3 is 0 Å². The molecule has 2 heterocycles. The van der Waals surface area contributed by atoms with Gasteiger partial charge in [-0.1, -0.05) is 5.21 Å². The molecule has 0 unspecified atom stereocenters. The fourth-order valence-corrected chi connectivity index (χ4v) is 1.51. The molecule has 0 aliphatic carbocycles. The largest absolute Gasteiger partial charge is 0.396 e. The van der Waals surface area contributed by atoms with Crippen molar-refractivity contribution in [3.05, 3.63) is 30.6 Å². The molecule has 6 nitrogen and oxygen atoms in total. The third kappa shape index (κ3) is 2.90. The molecule has 0 fully saturated rings. The van der Waals surface area contributed by atoms with Crippen molar-refractivity contribution in [2.24, 2.45) is 0 Å². The van der Waals surface area contributed by atoms with Gasteiger partial charge in [0.05, 0.1) is 12.0 Å². The van der Waals surface area contributed by atoms with Gasteiger partial charge in [-0.15, -0.1) is 5.10 Å². The van der Waals surface area contributed by atoms with Crippen LogP contribution >= 0.6 is 0 Å². The van der Waals surface area contributed by atoms with Gasteiger partial charge in [0.15, 0.2) is 0 Å². The Bertz CT molecular complexity index is 409. The molecule has 86 valence electrons. The van der Waals surface area contributed by atoms with Crippen LogP contribution in [0.1, 0.15) is 12.1 Å². The number of rotatable bonds is 6. The number of imidazole rings is 1. The van der Waals surface area contributed by atoms with Gasteiger partial charge < -0.3 is 9.67 Å². The van der Waals surface area contributed by atoms with Crippen LogP contribution in [0.5, 0.6) is 0 Å². The van der Waals surface area contributed by atoms with Crippen molar-refractivity contribution in [1.82, 2.24) is 24.5 Å². The minimum absolute atomic E-state index is 0.119. The number of nitrogens with zero attached hydrogens (tertiary/aromatic N) is 5. The van der Waals surface area contributed by atoms with Gasteiger partial charge in [-0.25, -0.2) is 4.98 Å². The van der Waals surface area contributed by atoms with Crippen molar-refractivity contribution in [2.75, 3.05) is 6.61 Å². The van der Waals surface area contributed by atoms with E-state index in [0.29, 0.717) is 6.42 Å². The fourth-order valence-electron chi connectivity index (χ4n) is 1.51. The molecule has 0 saturated carbocycles. The number of aromatic nitrogens is 5. The minimum atomic E-state index is 0.119. The highest BCUT2D eigenvalue weighted by Crippen LogP contribution is 1.97. The number of hydrogen-bond acceptors (Lipinski definition) is 4. The maximum Gasteiger partial charge on any atom is 0.0945 e. The first-order valence-corrected chi connectivity index (χ1v) is 5.34. The van der Waals surface area contributed by atoms with Crippen LogP contribution in [0.15, 0.2) is 24.9 Å². The summed E-state index contributed by atoms with van der Waals surface area (Å²) in [5.74, 6) is 0. The van der Waals surface area contributed by atoms with Gasteiger partial charge in [-0.2, -0.15) is 0 Å². The molecule has 0 bridgehead atoms. The molecule has 1 N–H and O–H groups in total. The predicted molar refractivity (Wildman–Crippen MR) is 57.7 cm³/mol. The lowest BCUT2D eigenvalue weighted by Crippen LogP contribution is -2.03. The van der Waals surface area contributed by atoms with Crippen LogP contribution in [0.25, 0.3) is 0 Å². The highest BCUT2D eigenvalue weighted by Gasteiger charge is 1.99. The quantitative estimate of drug-likeness (QED) is 0.751. The van der Waals surface area contributed by atoms with E-state index in [2.05, 4.69) is 15.3 Å². The van der Waals surface area contributed by atoms with Crippen molar-refractivity contribution >= 4 is 0 Å². The molecule has 2 aromatic heterocycles. The van der Waals surface area contributed by atoms with Crippen LogP contribution in [0.4, 0.5) is 0 Å². The molecule has 2 aromatic rings. The number of hydrogen-bond donors (Lipinski definition) is 1. The van der Waals surface area contributed by atoms with Crippen molar-refractivity contribution < 1.29 is 5.11 Å². The summed E-state index contributed by atoms with van der Waals surface area (Å²) in [7, 11) is 0. The lowest BCUT2D eigenvalue weighted by molar-refractivity contribution is 0.298. The van der Waals surface area contributed by atoms with Gasteiger partial charge in [-0.3, -0.25) is 4.68 Å². The zero-order valence-corrected chi connectivity index (χ0v) is 9.03. The summed E-state index contributed by atoms with van der Waals surface area (Å²) in [5.41, 5.74) is 0.838. The molecule has 0 amide bonds. The van der Waals surface area contributed by atoms with Crippen molar-refractivity contribution in [2.45, 2.75) is 25.9 Å². The maximum atomic E-state index is 8.74. The summed E-state index contributed by atoms with van der Waals surface area (Å²) in [6.07, 6.45) is 8.95. The molecule has 16 heavy (non-hydrogen) atoms. The van der Waals surface area contributed by atoms with Crippen molar-refractivity contribution in [1.29, 1.82) is 0 Å². The van der Waals surface area contributed by atoms with Crippen LogP contribution in [-0.2, 0) is 19.5 Å². The average Bonchev–Trinajstić information content (AvgIpc) is 2.90. The van der Waals surface area contributed by atoms with E-state index >= 15 is 0 Å². The molecule has 2 rings (SSSR count). The smallest absolute Gasteiger partial charge is 0.0945 e. The van der Waals surface area contributed by atoms with E-state index in [4.69, 9.17) is 5.11 Å². The average molecular weight is 221 g/mol. The van der Waals surface area contributed by atoms with Crippen LogP contribution < -0.4 is 0 Å². The van der Waals surface area contributed by atoms with Crippen molar-refractivity contribution in [3.63, 3.8) is 0 Å². The minimum Gasteiger partial charge on any atom is -0.396 e. The second-order valence-corrected chi connectivity index (χ2v) is 3.60. The van der Waals surface area contributed by atoms with Gasteiger partial charge in [0, 0.05) is 44.7 Å². The van der Waals surface area contributed by atoms with Crippen LogP contribution in [-0.4, -0.2) is 36.3 Å². The van der Waals surface area contributed by atoms with Gasteiger partial charge in [0.25, 0.3) is 0 Å². The highest BCUT2D eigenvalue weighted by molar-refractivity contribution is 4.91. The summed E-state index contributed by atoms with van der Waals surface area (Å²) in [6, 6.07) is 0. The Morgan fingerprint density at radius 2 is 2.25 bits per heavy atom. The lowest BCUT2D eigenvalue weighted by Gasteiger charge is -2.01. The second-order valence-electron chi connectivity index (χ2n) is 3.60. The van der Waals surface area contributed by atoms with Crippen LogP contribution in [0, 0.1) is 0 Å². The van der Waals surface area contributed by atoms with Crippen LogP contribution in [0.2, 0.25) is 0 Å². The topological polar surface area (TPSA) is 68.8 Å². The normalized spacial score (nSPS) is 10.8. The van der Waals surface area contributed by atoms with E-state index < -0.39 is 0 Å². The zero-order valence-electron chi connectivity index (χ0n) is 9.03. The predicted octanol–water partition coefficient (Wildman–Crippen LogP) is 0.0997. The summed E-state index contributed by atoms with van der Waals surface area (Å²) < 4.78 is 3.84. The van der Waals surface area contributed by atoms with Gasteiger partial charge in [-0.05, 0) is 6.42 Å². The molecule has 0 spiro atoms. The number of aliphatic hydroxyl groups excluding tert-OH is 1. The van der Waals surface area contributed by atoms with E-state index in [9.17, 15) is 0 Å². The SMILES string of the molecule is OCCc1cn(CCCn2ccnc2)nn1. The molecular weight excluding hydrogens is 206 g/mol. The van der Waals surface area contributed by atoms with E-state index in [1.807, 2.05) is 21.6 Å². The van der Waals surface area contributed by atoms with E-state index in [-0.39, 0.29) is 6.61 Å². The summed E-state index contributed by atoms with van der Waals surface area (Å²) in [4.78, 5) is 3.98. The van der Waals surface area contributed by atoms with E-state index in [1.165, 1.54) is 0 Å². The summed E-state index contributed by atoms with van der Waals surface area (Å²) >= 11 is 0. The first kappa shape index (κ1) is 10.8. The van der Waals surface area contributed by atoms with Gasteiger partial charge in [0.2, 0.25) is 0 Å². The molecule has 0 saturated heterocycles. The third-order valence-electron chi connectivity index (χ3n) is 2.32. The standard InChI is InChI=1S/C10H15N5O/c16-7-2-10-8-15(13-12-10)5-1-4-14-6-3-11-9-14/h3,6,8-9,16H,1-2,4-5,7H2.